The molecule has 32 heavy (non-hydrogen) atoms. The predicted molar refractivity (Wildman–Crippen MR) is 126 cm³/mol. The second-order valence-electron chi connectivity index (χ2n) is 8.29. The summed E-state index contributed by atoms with van der Waals surface area (Å²) in [6, 6.07) is 22.5. The third-order valence-electron chi connectivity index (χ3n) is 6.09. The van der Waals surface area contributed by atoms with Gasteiger partial charge in [0.05, 0.1) is 17.7 Å². The zero-order valence-electron chi connectivity index (χ0n) is 18.0. The van der Waals surface area contributed by atoms with Crippen LogP contribution in [-0.2, 0) is 6.67 Å². The Bertz CT molecular complexity index is 1290. The molecule has 0 atom stereocenters. The summed E-state index contributed by atoms with van der Waals surface area (Å²) in [6.07, 6.45) is 0. The molecule has 6 heteroatoms. The second-order valence-corrected chi connectivity index (χ2v) is 8.29. The number of fused-ring (bicyclic) bond motifs is 1. The van der Waals surface area contributed by atoms with Crippen LogP contribution >= 0.6 is 0 Å². The highest BCUT2D eigenvalue weighted by Gasteiger charge is 2.19. The van der Waals surface area contributed by atoms with Crippen LogP contribution in [0.15, 0.2) is 77.6 Å². The Morgan fingerprint density at radius 2 is 1.50 bits per heavy atom. The van der Waals surface area contributed by atoms with E-state index in [1.807, 2.05) is 36.4 Å². The zero-order chi connectivity index (χ0) is 22.1. The van der Waals surface area contributed by atoms with Gasteiger partial charge in [0, 0.05) is 42.8 Å². The van der Waals surface area contributed by atoms with Crippen LogP contribution in [0, 0.1) is 12.7 Å². The molecule has 0 aliphatic carbocycles. The highest BCUT2D eigenvalue weighted by Crippen LogP contribution is 2.25. The Labute approximate surface area is 186 Å². The van der Waals surface area contributed by atoms with Crippen molar-refractivity contribution in [3.05, 3.63) is 94.5 Å². The molecule has 1 aliphatic rings. The number of nitrogens with zero attached hydrogens (tertiary/aromatic N) is 4. The topological polar surface area (TPSA) is 41.4 Å². The van der Waals surface area contributed by atoms with Crippen molar-refractivity contribution in [2.75, 3.05) is 31.1 Å². The molecule has 0 saturated carbocycles. The van der Waals surface area contributed by atoms with E-state index in [1.54, 1.807) is 4.68 Å². The van der Waals surface area contributed by atoms with Gasteiger partial charge in [-0.05, 0) is 37.3 Å². The summed E-state index contributed by atoms with van der Waals surface area (Å²) in [4.78, 5) is 17.7. The Balaban J connectivity index is 1.41. The predicted octanol–water partition coefficient (Wildman–Crippen LogP) is 4.29. The lowest BCUT2D eigenvalue weighted by Gasteiger charge is -2.36. The molecule has 1 saturated heterocycles. The van der Waals surface area contributed by atoms with E-state index in [0.717, 1.165) is 48.5 Å². The molecule has 1 fully saturated rings. The summed E-state index contributed by atoms with van der Waals surface area (Å²) < 4.78 is 14.8. The maximum Gasteiger partial charge on any atom is 0.275 e. The number of aryl methyl sites for hydroxylation is 1. The van der Waals surface area contributed by atoms with E-state index in [-0.39, 0.29) is 11.4 Å². The van der Waals surface area contributed by atoms with E-state index in [0.29, 0.717) is 12.1 Å². The van der Waals surface area contributed by atoms with E-state index in [1.165, 1.54) is 17.7 Å². The SMILES string of the molecule is Cc1ccc(-c2nn(CN3CCN(c4ccc(F)cc4)CC3)c(=O)c3ccccc23)cc1. The van der Waals surface area contributed by atoms with Gasteiger partial charge in [0.15, 0.2) is 0 Å². The normalized spacial score (nSPS) is 14.8. The Hall–Kier alpha value is -3.51. The van der Waals surface area contributed by atoms with Crippen molar-refractivity contribution < 1.29 is 4.39 Å². The fraction of sp³-hybridized carbons (Fsp3) is 0.231. The molecule has 5 nitrogen and oxygen atoms in total. The first-order chi connectivity index (χ1) is 15.6. The summed E-state index contributed by atoms with van der Waals surface area (Å²) in [6.45, 7) is 5.75. The van der Waals surface area contributed by atoms with Crippen LogP contribution in [0.5, 0.6) is 0 Å². The van der Waals surface area contributed by atoms with Gasteiger partial charge >= 0.3 is 0 Å². The molecule has 0 amide bonds. The average molecular weight is 429 g/mol. The minimum absolute atomic E-state index is 0.0718. The Morgan fingerprint density at radius 3 is 2.19 bits per heavy atom. The van der Waals surface area contributed by atoms with Crippen LogP contribution in [0.25, 0.3) is 22.0 Å². The molecule has 3 aromatic carbocycles. The number of hydrogen-bond acceptors (Lipinski definition) is 4. The number of anilines is 1. The van der Waals surface area contributed by atoms with E-state index >= 15 is 0 Å². The van der Waals surface area contributed by atoms with E-state index < -0.39 is 0 Å². The first-order valence-corrected chi connectivity index (χ1v) is 10.9. The quantitative estimate of drug-likeness (QED) is 0.486. The second kappa shape index (κ2) is 8.55. The van der Waals surface area contributed by atoms with Crippen LogP contribution in [-0.4, -0.2) is 40.9 Å². The summed E-state index contributed by atoms with van der Waals surface area (Å²) >= 11 is 0. The molecule has 1 aliphatic heterocycles. The van der Waals surface area contributed by atoms with Gasteiger partial charge in [-0.3, -0.25) is 9.69 Å². The monoisotopic (exact) mass is 428 g/mol. The molecule has 0 spiro atoms. The van der Waals surface area contributed by atoms with Crippen LogP contribution < -0.4 is 10.5 Å². The largest absolute Gasteiger partial charge is 0.369 e. The number of hydrogen-bond donors (Lipinski definition) is 0. The Kier molecular flexibility index (Phi) is 5.45. The van der Waals surface area contributed by atoms with Crippen molar-refractivity contribution in [1.82, 2.24) is 14.7 Å². The van der Waals surface area contributed by atoms with Gasteiger partial charge in [-0.15, -0.1) is 0 Å². The fourth-order valence-corrected chi connectivity index (χ4v) is 4.24. The third-order valence-corrected chi connectivity index (χ3v) is 6.09. The zero-order valence-corrected chi connectivity index (χ0v) is 18.0. The van der Waals surface area contributed by atoms with Crippen LogP contribution in [0.3, 0.4) is 0 Å². The molecule has 2 heterocycles. The standard InChI is InChI=1S/C26H25FN4O/c1-19-6-8-20(9-7-19)25-23-4-2-3-5-24(23)26(32)31(28-25)18-29-14-16-30(17-15-29)22-12-10-21(27)11-13-22/h2-13H,14-18H2,1H3. The molecule has 0 bridgehead atoms. The number of rotatable bonds is 4. The Morgan fingerprint density at radius 1 is 0.844 bits per heavy atom. The van der Waals surface area contributed by atoms with Crippen LogP contribution in [0.2, 0.25) is 0 Å². The summed E-state index contributed by atoms with van der Waals surface area (Å²) in [5, 5.41) is 6.35. The van der Waals surface area contributed by atoms with Gasteiger partial charge in [0.25, 0.3) is 5.56 Å². The van der Waals surface area contributed by atoms with Gasteiger partial charge in [-0.2, -0.15) is 5.10 Å². The molecule has 5 rings (SSSR count). The first kappa shape index (κ1) is 20.4. The van der Waals surface area contributed by atoms with Crippen molar-refractivity contribution in [2.45, 2.75) is 13.6 Å². The molecule has 0 radical (unpaired) electrons. The minimum atomic E-state index is -0.224. The third kappa shape index (κ3) is 4.01. The first-order valence-electron chi connectivity index (χ1n) is 10.9. The van der Waals surface area contributed by atoms with Crippen LogP contribution in [0.4, 0.5) is 10.1 Å². The molecule has 162 valence electrons. The molecular formula is C26H25FN4O. The maximum absolute atomic E-state index is 13.2. The average Bonchev–Trinajstić information content (AvgIpc) is 2.83. The molecule has 0 unspecified atom stereocenters. The number of halogens is 1. The van der Waals surface area contributed by atoms with Crippen molar-refractivity contribution in [3.63, 3.8) is 0 Å². The maximum atomic E-state index is 13.2. The highest BCUT2D eigenvalue weighted by atomic mass is 19.1. The van der Waals surface area contributed by atoms with Gasteiger partial charge in [0.2, 0.25) is 0 Å². The number of piperazine rings is 1. The van der Waals surface area contributed by atoms with Crippen LogP contribution in [0.1, 0.15) is 5.56 Å². The fourth-order valence-electron chi connectivity index (χ4n) is 4.24. The minimum Gasteiger partial charge on any atom is -0.369 e. The van der Waals surface area contributed by atoms with E-state index in [9.17, 15) is 9.18 Å². The van der Waals surface area contributed by atoms with Gasteiger partial charge in [-0.1, -0.05) is 48.0 Å². The molecule has 1 aromatic heterocycles. The lowest BCUT2D eigenvalue weighted by Crippen LogP contribution is -2.48. The number of benzene rings is 3. The summed E-state index contributed by atoms with van der Waals surface area (Å²) in [5.74, 6) is -0.224. The van der Waals surface area contributed by atoms with E-state index in [2.05, 4.69) is 41.0 Å². The molecule has 0 N–H and O–H groups in total. The van der Waals surface area contributed by atoms with Crippen molar-refractivity contribution >= 4 is 16.5 Å². The van der Waals surface area contributed by atoms with Gasteiger partial charge in [0.1, 0.15) is 5.82 Å². The molecular weight excluding hydrogens is 403 g/mol. The van der Waals surface area contributed by atoms with Crippen molar-refractivity contribution in [3.8, 4) is 11.3 Å². The van der Waals surface area contributed by atoms with E-state index in [4.69, 9.17) is 5.10 Å². The summed E-state index contributed by atoms with van der Waals surface area (Å²) in [5.41, 5.74) is 3.96. The van der Waals surface area contributed by atoms with Crippen molar-refractivity contribution in [2.24, 2.45) is 0 Å². The lowest BCUT2D eigenvalue weighted by atomic mass is 10.0. The summed E-state index contributed by atoms with van der Waals surface area (Å²) in [7, 11) is 0. The lowest BCUT2D eigenvalue weighted by molar-refractivity contribution is 0.192. The van der Waals surface area contributed by atoms with Crippen molar-refractivity contribution in [1.29, 1.82) is 0 Å². The highest BCUT2D eigenvalue weighted by molar-refractivity contribution is 5.93. The smallest absolute Gasteiger partial charge is 0.275 e. The number of aromatic nitrogens is 2. The van der Waals surface area contributed by atoms with Gasteiger partial charge < -0.3 is 4.90 Å². The molecule has 4 aromatic rings. The van der Waals surface area contributed by atoms with Gasteiger partial charge in [-0.25, -0.2) is 9.07 Å².